The summed E-state index contributed by atoms with van der Waals surface area (Å²) in [5.74, 6) is 3.62. The van der Waals surface area contributed by atoms with Crippen molar-refractivity contribution in [2.24, 2.45) is 23.2 Å². The number of hydrogen-bond acceptors (Lipinski definition) is 2. The Hall–Kier alpha value is -0.770. The molecular formula is C21H34ClNO2. The predicted octanol–water partition coefficient (Wildman–Crippen LogP) is 0.147. The van der Waals surface area contributed by atoms with Gasteiger partial charge in [-0.15, -0.1) is 0 Å². The summed E-state index contributed by atoms with van der Waals surface area (Å²) in [6.07, 6.45) is 5.21. The van der Waals surface area contributed by atoms with Gasteiger partial charge < -0.3 is 27.6 Å². The molecule has 5 atom stereocenters. The number of quaternary nitrogens is 1. The molecule has 0 aromatic heterocycles. The van der Waals surface area contributed by atoms with Crippen molar-refractivity contribution in [3.63, 3.8) is 0 Å². The minimum Gasteiger partial charge on any atom is -1.00 e. The van der Waals surface area contributed by atoms with Crippen molar-refractivity contribution in [1.29, 1.82) is 0 Å². The van der Waals surface area contributed by atoms with Gasteiger partial charge in [0.15, 0.2) is 0 Å². The van der Waals surface area contributed by atoms with Gasteiger partial charge in [0.25, 0.3) is 0 Å². The van der Waals surface area contributed by atoms with Crippen molar-refractivity contribution >= 4 is 0 Å². The van der Waals surface area contributed by atoms with Crippen molar-refractivity contribution in [1.82, 2.24) is 0 Å². The summed E-state index contributed by atoms with van der Waals surface area (Å²) in [6, 6.07) is 7.95. The zero-order chi connectivity index (χ0) is 17.3. The van der Waals surface area contributed by atoms with Gasteiger partial charge in [-0.3, -0.25) is 0 Å². The highest BCUT2D eigenvalue weighted by molar-refractivity contribution is 5.28. The third-order valence-electron chi connectivity index (χ3n) is 7.02. The lowest BCUT2D eigenvalue weighted by Gasteiger charge is -2.38. The Labute approximate surface area is 159 Å². The average molecular weight is 368 g/mol. The number of benzene rings is 1. The highest BCUT2D eigenvalue weighted by Gasteiger charge is 2.52. The minimum absolute atomic E-state index is 0. The van der Waals surface area contributed by atoms with Gasteiger partial charge in [0, 0.05) is 6.42 Å². The molecule has 1 aromatic rings. The van der Waals surface area contributed by atoms with Crippen molar-refractivity contribution in [3.05, 3.63) is 29.8 Å². The zero-order valence-corrected chi connectivity index (χ0v) is 16.8. The summed E-state index contributed by atoms with van der Waals surface area (Å²) in [4.78, 5) is 0. The van der Waals surface area contributed by atoms with Gasteiger partial charge >= 0.3 is 0 Å². The molecule has 0 aliphatic heterocycles. The SMILES string of the molecule is COc1ccc(C(O)C(C)[NH2+]CCC2C3CCC(C3)C2(C)C)cc1.[Cl-]. The van der Waals surface area contributed by atoms with E-state index in [1.807, 2.05) is 24.3 Å². The fourth-order valence-electron chi connectivity index (χ4n) is 5.35. The Morgan fingerprint density at radius 2 is 1.92 bits per heavy atom. The second-order valence-electron chi connectivity index (χ2n) is 8.59. The van der Waals surface area contributed by atoms with Gasteiger partial charge in [0.1, 0.15) is 17.9 Å². The van der Waals surface area contributed by atoms with Gasteiger partial charge in [0.05, 0.1) is 13.7 Å². The first-order valence-corrected chi connectivity index (χ1v) is 9.58. The number of methoxy groups -OCH3 is 1. The third kappa shape index (κ3) is 4.15. The molecular weight excluding hydrogens is 334 g/mol. The van der Waals surface area contributed by atoms with Gasteiger partial charge in [-0.2, -0.15) is 0 Å². The van der Waals surface area contributed by atoms with E-state index in [1.165, 1.54) is 25.7 Å². The summed E-state index contributed by atoms with van der Waals surface area (Å²) in [6.45, 7) is 8.21. The second kappa shape index (κ2) is 8.28. The molecule has 25 heavy (non-hydrogen) atoms. The monoisotopic (exact) mass is 367 g/mol. The van der Waals surface area contributed by atoms with Crippen LogP contribution in [0.3, 0.4) is 0 Å². The van der Waals surface area contributed by atoms with Crippen LogP contribution in [-0.4, -0.2) is 24.8 Å². The fourth-order valence-corrected chi connectivity index (χ4v) is 5.35. The summed E-state index contributed by atoms with van der Waals surface area (Å²) in [5, 5.41) is 12.9. The van der Waals surface area contributed by atoms with E-state index < -0.39 is 6.10 Å². The Morgan fingerprint density at radius 3 is 2.48 bits per heavy atom. The standard InChI is InChI=1S/C21H33NO2.ClH/c1-14(20(23)15-6-9-18(24-4)10-7-15)22-12-11-19-16-5-8-17(13-16)21(19,2)3;/h6-7,9-10,14,16-17,19-20,22-23H,5,8,11-13H2,1-4H3;1H. The predicted molar refractivity (Wildman–Crippen MR) is 96.9 cm³/mol. The number of hydrogen-bond donors (Lipinski definition) is 2. The molecule has 1 aromatic carbocycles. The molecule has 5 unspecified atom stereocenters. The summed E-state index contributed by atoms with van der Waals surface area (Å²) in [5.41, 5.74) is 1.49. The number of rotatable bonds is 7. The molecule has 2 aliphatic carbocycles. The Kier molecular flexibility index (Phi) is 6.80. The van der Waals surface area contributed by atoms with E-state index in [-0.39, 0.29) is 18.4 Å². The van der Waals surface area contributed by atoms with Crippen LogP contribution in [0.2, 0.25) is 0 Å². The molecule has 2 aliphatic rings. The molecule has 2 fully saturated rings. The lowest BCUT2D eigenvalue weighted by Crippen LogP contribution is -3.00. The first-order valence-electron chi connectivity index (χ1n) is 9.58. The maximum absolute atomic E-state index is 10.6. The highest BCUT2D eigenvalue weighted by Crippen LogP contribution is 2.60. The van der Waals surface area contributed by atoms with E-state index >= 15 is 0 Å². The quantitative estimate of drug-likeness (QED) is 0.720. The average Bonchev–Trinajstić information content (AvgIpc) is 3.15. The fraction of sp³-hybridized carbons (Fsp3) is 0.714. The van der Waals surface area contributed by atoms with E-state index in [1.54, 1.807) is 7.11 Å². The van der Waals surface area contributed by atoms with Gasteiger partial charge in [0.2, 0.25) is 0 Å². The van der Waals surface area contributed by atoms with Crippen LogP contribution in [0.5, 0.6) is 5.75 Å². The van der Waals surface area contributed by atoms with Crippen molar-refractivity contribution < 1.29 is 27.6 Å². The number of aliphatic hydroxyl groups excluding tert-OH is 1. The molecule has 2 saturated carbocycles. The topological polar surface area (TPSA) is 46.1 Å². The Morgan fingerprint density at radius 1 is 1.24 bits per heavy atom. The van der Waals surface area contributed by atoms with E-state index in [4.69, 9.17) is 4.74 Å². The molecule has 2 bridgehead atoms. The first-order chi connectivity index (χ1) is 11.4. The zero-order valence-electron chi connectivity index (χ0n) is 16.0. The maximum Gasteiger partial charge on any atom is 0.130 e. The Balaban J connectivity index is 0.00000225. The van der Waals surface area contributed by atoms with E-state index in [2.05, 4.69) is 26.1 Å². The van der Waals surface area contributed by atoms with Crippen LogP contribution in [0.25, 0.3) is 0 Å². The van der Waals surface area contributed by atoms with Gasteiger partial charge in [-0.05, 0) is 67.1 Å². The molecule has 142 valence electrons. The van der Waals surface area contributed by atoms with Gasteiger partial charge in [-0.25, -0.2) is 0 Å². The number of fused-ring (bicyclic) bond motifs is 2. The Bertz CT molecular complexity index is 545. The maximum atomic E-state index is 10.6. The number of ether oxygens (including phenoxy) is 1. The summed E-state index contributed by atoms with van der Waals surface area (Å²) in [7, 11) is 1.67. The van der Waals surface area contributed by atoms with Crippen LogP contribution in [-0.2, 0) is 0 Å². The van der Waals surface area contributed by atoms with E-state index in [0.29, 0.717) is 5.41 Å². The van der Waals surface area contributed by atoms with Crippen molar-refractivity contribution in [2.45, 2.75) is 58.6 Å². The molecule has 4 heteroatoms. The number of nitrogens with two attached hydrogens (primary N) is 1. The molecule has 3 nitrogen and oxygen atoms in total. The van der Waals surface area contributed by atoms with Crippen LogP contribution >= 0.6 is 0 Å². The molecule has 0 radical (unpaired) electrons. The normalized spacial score (nSPS) is 29.1. The van der Waals surface area contributed by atoms with Crippen LogP contribution in [0.1, 0.15) is 58.1 Å². The molecule has 3 rings (SSSR count). The summed E-state index contributed by atoms with van der Waals surface area (Å²) >= 11 is 0. The lowest BCUT2D eigenvalue weighted by atomic mass is 9.67. The molecule has 0 amide bonds. The van der Waals surface area contributed by atoms with Crippen LogP contribution < -0.4 is 22.5 Å². The minimum atomic E-state index is -0.427. The smallest absolute Gasteiger partial charge is 0.130 e. The largest absolute Gasteiger partial charge is 1.00 e. The molecule has 0 spiro atoms. The van der Waals surface area contributed by atoms with Crippen molar-refractivity contribution in [2.75, 3.05) is 13.7 Å². The number of halogens is 1. The van der Waals surface area contributed by atoms with Crippen LogP contribution in [0, 0.1) is 23.2 Å². The first kappa shape index (κ1) is 20.5. The molecule has 3 N–H and O–H groups in total. The van der Waals surface area contributed by atoms with Gasteiger partial charge in [-0.1, -0.05) is 26.0 Å². The van der Waals surface area contributed by atoms with Crippen LogP contribution in [0.4, 0.5) is 0 Å². The highest BCUT2D eigenvalue weighted by atomic mass is 35.5. The summed E-state index contributed by atoms with van der Waals surface area (Å²) < 4.78 is 5.19. The third-order valence-corrected chi connectivity index (χ3v) is 7.02. The van der Waals surface area contributed by atoms with E-state index in [9.17, 15) is 5.11 Å². The molecule has 0 saturated heterocycles. The van der Waals surface area contributed by atoms with Crippen molar-refractivity contribution in [3.8, 4) is 5.75 Å². The van der Waals surface area contributed by atoms with E-state index in [0.717, 1.165) is 35.6 Å². The van der Waals surface area contributed by atoms with Crippen LogP contribution in [0.15, 0.2) is 24.3 Å². The molecule has 0 heterocycles. The number of aliphatic hydroxyl groups is 1. The second-order valence-corrected chi connectivity index (χ2v) is 8.59. The lowest BCUT2D eigenvalue weighted by molar-refractivity contribution is -0.695.